The summed E-state index contributed by atoms with van der Waals surface area (Å²) in [5, 5.41) is 4.09. The van der Waals surface area contributed by atoms with Gasteiger partial charge in [0.15, 0.2) is 5.13 Å². The van der Waals surface area contributed by atoms with Crippen molar-refractivity contribution in [3.05, 3.63) is 48.0 Å². The van der Waals surface area contributed by atoms with Gasteiger partial charge in [-0.05, 0) is 36.8 Å². The van der Waals surface area contributed by atoms with Crippen molar-refractivity contribution in [1.82, 2.24) is 15.2 Å². The first-order valence-corrected chi connectivity index (χ1v) is 12.9. The maximum Gasteiger partial charge on any atom is 0.251 e. The van der Waals surface area contributed by atoms with Crippen LogP contribution >= 0.6 is 11.3 Å². The zero-order valence-corrected chi connectivity index (χ0v) is 20.9. The van der Waals surface area contributed by atoms with E-state index in [1.165, 1.54) is 0 Å². The Labute approximate surface area is 205 Å². The lowest BCUT2D eigenvalue weighted by Crippen LogP contribution is -2.48. The topological polar surface area (TPSA) is 66.9 Å². The second-order valence-electron chi connectivity index (χ2n) is 8.47. The van der Waals surface area contributed by atoms with Gasteiger partial charge in [0.1, 0.15) is 17.0 Å². The van der Waals surface area contributed by atoms with E-state index in [2.05, 4.69) is 28.1 Å². The minimum Gasteiger partial charge on any atom is -0.494 e. The number of rotatable bonds is 11. The fraction of sp³-hybridized carbons (Fsp3) is 0.462. The Morgan fingerprint density at radius 3 is 2.74 bits per heavy atom. The van der Waals surface area contributed by atoms with Crippen molar-refractivity contribution in [2.45, 2.75) is 26.2 Å². The molecule has 0 unspecified atom stereocenters. The molecule has 0 aliphatic carbocycles. The third-order valence-corrected chi connectivity index (χ3v) is 7.14. The van der Waals surface area contributed by atoms with E-state index in [0.717, 1.165) is 78.8 Å². The largest absolute Gasteiger partial charge is 0.494 e. The van der Waals surface area contributed by atoms with Gasteiger partial charge in [-0.15, -0.1) is 0 Å². The van der Waals surface area contributed by atoms with E-state index in [1.54, 1.807) is 18.4 Å². The van der Waals surface area contributed by atoms with Crippen LogP contribution in [0.3, 0.4) is 0 Å². The molecule has 0 bridgehead atoms. The SMILES string of the molecule is CCCCCOc1cccc(C(=O)NCCN2CCN(c3nc4c(OC)cccc4s3)CC2)c1. The van der Waals surface area contributed by atoms with Crippen LogP contribution in [0.4, 0.5) is 5.13 Å². The lowest BCUT2D eigenvalue weighted by Gasteiger charge is -2.34. The van der Waals surface area contributed by atoms with Gasteiger partial charge in [0, 0.05) is 44.8 Å². The number of nitrogens with zero attached hydrogens (tertiary/aromatic N) is 3. The zero-order chi connectivity index (χ0) is 23.8. The fourth-order valence-corrected chi connectivity index (χ4v) is 5.11. The van der Waals surface area contributed by atoms with Crippen molar-refractivity contribution in [2.75, 3.05) is 57.9 Å². The van der Waals surface area contributed by atoms with Gasteiger partial charge in [-0.25, -0.2) is 4.98 Å². The molecule has 4 rings (SSSR count). The van der Waals surface area contributed by atoms with Crippen LogP contribution in [0, 0.1) is 0 Å². The molecule has 0 spiro atoms. The second kappa shape index (κ2) is 12.0. The van der Waals surface area contributed by atoms with Crippen LogP contribution in [0.1, 0.15) is 36.5 Å². The molecule has 1 aliphatic rings. The number of hydrogen-bond acceptors (Lipinski definition) is 7. The molecule has 1 saturated heterocycles. The number of anilines is 1. The van der Waals surface area contributed by atoms with Crippen molar-refractivity contribution in [3.63, 3.8) is 0 Å². The van der Waals surface area contributed by atoms with Gasteiger partial charge in [-0.3, -0.25) is 9.69 Å². The van der Waals surface area contributed by atoms with Crippen molar-refractivity contribution in [3.8, 4) is 11.5 Å². The summed E-state index contributed by atoms with van der Waals surface area (Å²) in [5.74, 6) is 1.52. The summed E-state index contributed by atoms with van der Waals surface area (Å²) in [5.41, 5.74) is 1.58. The summed E-state index contributed by atoms with van der Waals surface area (Å²) in [4.78, 5) is 22.1. The molecule has 34 heavy (non-hydrogen) atoms. The molecule has 7 nitrogen and oxygen atoms in total. The Balaban J connectivity index is 1.21. The van der Waals surface area contributed by atoms with Crippen molar-refractivity contribution in [1.29, 1.82) is 0 Å². The number of fused-ring (bicyclic) bond motifs is 1. The maximum absolute atomic E-state index is 12.6. The smallest absolute Gasteiger partial charge is 0.251 e. The molecule has 1 N–H and O–H groups in total. The number of methoxy groups -OCH3 is 1. The molecule has 2 heterocycles. The highest BCUT2D eigenvalue weighted by Gasteiger charge is 2.20. The van der Waals surface area contributed by atoms with Crippen molar-refractivity contribution >= 4 is 32.6 Å². The van der Waals surface area contributed by atoms with E-state index in [9.17, 15) is 4.79 Å². The van der Waals surface area contributed by atoms with E-state index in [1.807, 2.05) is 36.4 Å². The number of nitrogens with one attached hydrogen (secondary N) is 1. The molecule has 1 aromatic heterocycles. The van der Waals surface area contributed by atoms with Gasteiger partial charge < -0.3 is 19.7 Å². The minimum atomic E-state index is -0.0546. The molecule has 2 aromatic carbocycles. The van der Waals surface area contributed by atoms with E-state index >= 15 is 0 Å². The van der Waals surface area contributed by atoms with Crippen LogP contribution in [0.5, 0.6) is 11.5 Å². The third-order valence-electron chi connectivity index (χ3n) is 6.06. The molecule has 182 valence electrons. The standard InChI is InChI=1S/C26H34N4O3S/c1-3-4-5-18-33-21-9-6-8-20(19-21)25(31)27-12-13-29-14-16-30(17-15-29)26-28-24-22(32-2)10-7-11-23(24)34-26/h6-11,19H,3-5,12-18H2,1-2H3,(H,27,31). The van der Waals surface area contributed by atoms with Gasteiger partial charge in [-0.1, -0.05) is 43.2 Å². The van der Waals surface area contributed by atoms with Crippen LogP contribution in [0.2, 0.25) is 0 Å². The third kappa shape index (κ3) is 6.18. The van der Waals surface area contributed by atoms with E-state index < -0.39 is 0 Å². The molecule has 8 heteroatoms. The molecular formula is C26H34N4O3S. The molecule has 1 fully saturated rings. The first-order valence-electron chi connectivity index (χ1n) is 12.1. The summed E-state index contributed by atoms with van der Waals surface area (Å²) in [6.45, 7) is 8.06. The summed E-state index contributed by atoms with van der Waals surface area (Å²) >= 11 is 1.71. The molecule has 0 saturated carbocycles. The lowest BCUT2D eigenvalue weighted by atomic mass is 10.2. The van der Waals surface area contributed by atoms with E-state index in [0.29, 0.717) is 18.7 Å². The Bertz CT molecular complexity index is 1080. The number of piperazine rings is 1. The number of thiazole rings is 1. The van der Waals surface area contributed by atoms with Crippen LogP contribution in [-0.4, -0.2) is 68.8 Å². The van der Waals surface area contributed by atoms with E-state index in [-0.39, 0.29) is 5.91 Å². The summed E-state index contributed by atoms with van der Waals surface area (Å²) in [6, 6.07) is 13.5. The Hall–Kier alpha value is -2.84. The number of carbonyl (C=O) groups excluding carboxylic acids is 1. The molecule has 0 atom stereocenters. The summed E-state index contributed by atoms with van der Waals surface area (Å²) < 4.78 is 12.4. The normalized spacial score (nSPS) is 14.4. The van der Waals surface area contributed by atoms with Gasteiger partial charge in [-0.2, -0.15) is 0 Å². The number of ether oxygens (including phenoxy) is 2. The predicted octanol–water partition coefficient (Wildman–Crippen LogP) is 4.43. The molecule has 1 aliphatic heterocycles. The first kappa shape index (κ1) is 24.3. The van der Waals surface area contributed by atoms with Crippen LogP contribution in [-0.2, 0) is 0 Å². The lowest BCUT2D eigenvalue weighted by molar-refractivity contribution is 0.0947. The fourth-order valence-electron chi connectivity index (χ4n) is 4.07. The van der Waals surface area contributed by atoms with Crippen molar-refractivity contribution < 1.29 is 14.3 Å². The number of amides is 1. The molecule has 1 amide bonds. The van der Waals surface area contributed by atoms with Gasteiger partial charge >= 0.3 is 0 Å². The number of unbranched alkanes of at least 4 members (excludes halogenated alkanes) is 2. The molecular weight excluding hydrogens is 448 g/mol. The number of carbonyl (C=O) groups is 1. The Kier molecular flexibility index (Phi) is 8.60. The zero-order valence-electron chi connectivity index (χ0n) is 20.1. The van der Waals surface area contributed by atoms with Crippen LogP contribution in [0.15, 0.2) is 42.5 Å². The first-order chi connectivity index (χ1) is 16.7. The highest BCUT2D eigenvalue weighted by atomic mass is 32.1. The number of hydrogen-bond donors (Lipinski definition) is 1. The van der Waals surface area contributed by atoms with Gasteiger partial charge in [0.2, 0.25) is 0 Å². The Morgan fingerprint density at radius 2 is 1.94 bits per heavy atom. The van der Waals surface area contributed by atoms with Crippen LogP contribution in [0.25, 0.3) is 10.2 Å². The number of aromatic nitrogens is 1. The van der Waals surface area contributed by atoms with Gasteiger partial charge in [0.05, 0.1) is 18.4 Å². The highest BCUT2D eigenvalue weighted by Crippen LogP contribution is 2.34. The highest BCUT2D eigenvalue weighted by molar-refractivity contribution is 7.22. The maximum atomic E-state index is 12.6. The minimum absolute atomic E-state index is 0.0546. The predicted molar refractivity (Wildman–Crippen MR) is 139 cm³/mol. The Morgan fingerprint density at radius 1 is 1.12 bits per heavy atom. The second-order valence-corrected chi connectivity index (χ2v) is 9.48. The quantitative estimate of drug-likeness (QED) is 0.408. The van der Waals surface area contributed by atoms with Gasteiger partial charge in [0.25, 0.3) is 5.91 Å². The van der Waals surface area contributed by atoms with Crippen LogP contribution < -0.4 is 19.7 Å². The average Bonchev–Trinajstić information content (AvgIpc) is 3.32. The molecule has 0 radical (unpaired) electrons. The summed E-state index contributed by atoms with van der Waals surface area (Å²) in [6.07, 6.45) is 3.36. The summed E-state index contributed by atoms with van der Waals surface area (Å²) in [7, 11) is 1.68. The number of benzene rings is 2. The average molecular weight is 483 g/mol. The monoisotopic (exact) mass is 482 g/mol. The number of para-hydroxylation sites is 1. The van der Waals surface area contributed by atoms with E-state index in [4.69, 9.17) is 14.5 Å². The molecule has 3 aromatic rings. The van der Waals surface area contributed by atoms with Crippen molar-refractivity contribution in [2.24, 2.45) is 0 Å².